The average molecular weight is 224 g/mol. The van der Waals surface area contributed by atoms with E-state index < -0.39 is 0 Å². The van der Waals surface area contributed by atoms with Gasteiger partial charge in [-0.2, -0.15) is 0 Å². The van der Waals surface area contributed by atoms with Crippen LogP contribution in [0, 0.1) is 0 Å². The van der Waals surface area contributed by atoms with E-state index in [1.807, 2.05) is 30.7 Å². The van der Waals surface area contributed by atoms with Crippen LogP contribution in [0.5, 0.6) is 0 Å². The van der Waals surface area contributed by atoms with Crippen LogP contribution in [0.4, 0.5) is 0 Å². The van der Waals surface area contributed by atoms with Gasteiger partial charge in [-0.3, -0.25) is 0 Å². The second-order valence-corrected chi connectivity index (χ2v) is 4.38. The summed E-state index contributed by atoms with van der Waals surface area (Å²) < 4.78 is 1.96. The van der Waals surface area contributed by atoms with E-state index in [4.69, 9.17) is 17.3 Å². The van der Waals surface area contributed by atoms with Crippen molar-refractivity contribution in [1.82, 2.24) is 9.55 Å². The van der Waals surface area contributed by atoms with Crippen molar-refractivity contribution in [2.45, 2.75) is 19.4 Å². The molecule has 0 fully saturated rings. The van der Waals surface area contributed by atoms with Gasteiger partial charge in [0, 0.05) is 18.1 Å². The van der Waals surface area contributed by atoms with Gasteiger partial charge in [0.05, 0.1) is 17.4 Å². The summed E-state index contributed by atoms with van der Waals surface area (Å²) in [5, 5.41) is 0.767. The van der Waals surface area contributed by atoms with Crippen LogP contribution in [0.3, 0.4) is 0 Å². The zero-order valence-electron chi connectivity index (χ0n) is 8.87. The Kier molecular flexibility index (Phi) is 2.67. The van der Waals surface area contributed by atoms with Gasteiger partial charge in [-0.05, 0) is 31.0 Å². The Morgan fingerprint density at radius 3 is 2.93 bits per heavy atom. The van der Waals surface area contributed by atoms with Crippen LogP contribution in [0.1, 0.15) is 12.5 Å². The molecular weight excluding hydrogens is 210 g/mol. The van der Waals surface area contributed by atoms with E-state index in [1.165, 1.54) is 0 Å². The van der Waals surface area contributed by atoms with Gasteiger partial charge in [-0.25, -0.2) is 4.98 Å². The molecule has 2 N–H and O–H groups in total. The monoisotopic (exact) mass is 223 g/mol. The Morgan fingerprint density at radius 1 is 1.53 bits per heavy atom. The van der Waals surface area contributed by atoms with Crippen LogP contribution in [0.15, 0.2) is 18.5 Å². The van der Waals surface area contributed by atoms with Crippen LogP contribution >= 0.6 is 11.6 Å². The molecule has 0 saturated carbocycles. The van der Waals surface area contributed by atoms with E-state index in [0.29, 0.717) is 0 Å². The summed E-state index contributed by atoms with van der Waals surface area (Å²) in [6, 6.07) is 4.08. The lowest BCUT2D eigenvalue weighted by atomic mass is 10.1. The first-order chi connectivity index (χ1) is 7.08. The number of imidazole rings is 1. The fraction of sp³-hybridized carbons (Fsp3) is 0.364. The zero-order chi connectivity index (χ0) is 11.0. The maximum Gasteiger partial charge on any atom is 0.0955 e. The third-order valence-corrected chi connectivity index (χ3v) is 2.79. The number of hydrogen-bond acceptors (Lipinski definition) is 2. The molecule has 0 aliphatic carbocycles. The Bertz CT molecular complexity index is 488. The van der Waals surface area contributed by atoms with Crippen LogP contribution in [0.2, 0.25) is 5.02 Å². The minimum atomic E-state index is 0.115. The number of fused-ring (bicyclic) bond motifs is 1. The van der Waals surface area contributed by atoms with E-state index in [1.54, 1.807) is 6.33 Å². The van der Waals surface area contributed by atoms with Crippen molar-refractivity contribution >= 4 is 22.6 Å². The first kappa shape index (κ1) is 10.5. The van der Waals surface area contributed by atoms with Crippen LogP contribution in [-0.4, -0.2) is 15.6 Å². The number of nitrogens with two attached hydrogens (primary N) is 1. The molecule has 0 bridgehead atoms. The highest BCUT2D eigenvalue weighted by molar-refractivity contribution is 6.32. The average Bonchev–Trinajstić information content (AvgIpc) is 2.48. The maximum absolute atomic E-state index is 6.18. The summed E-state index contributed by atoms with van der Waals surface area (Å²) in [4.78, 5) is 4.29. The lowest BCUT2D eigenvalue weighted by Gasteiger charge is -2.07. The van der Waals surface area contributed by atoms with Crippen LogP contribution < -0.4 is 5.73 Å². The fourth-order valence-electron chi connectivity index (χ4n) is 1.69. The summed E-state index contributed by atoms with van der Waals surface area (Å²) in [5.41, 5.74) is 8.85. The maximum atomic E-state index is 6.18. The van der Waals surface area contributed by atoms with Gasteiger partial charge in [0.15, 0.2) is 0 Å². The van der Waals surface area contributed by atoms with E-state index in [2.05, 4.69) is 4.98 Å². The highest BCUT2D eigenvalue weighted by Crippen LogP contribution is 2.23. The molecule has 15 heavy (non-hydrogen) atoms. The SMILES string of the molecule is CC(N)Cc1cc2ncn(C)c2cc1Cl. The van der Waals surface area contributed by atoms with Crippen molar-refractivity contribution in [2.24, 2.45) is 12.8 Å². The Balaban J connectivity index is 2.53. The van der Waals surface area contributed by atoms with Gasteiger partial charge in [-0.1, -0.05) is 11.6 Å². The Hall–Kier alpha value is -1.06. The highest BCUT2D eigenvalue weighted by Gasteiger charge is 2.08. The summed E-state index contributed by atoms with van der Waals surface area (Å²) in [5.74, 6) is 0. The summed E-state index contributed by atoms with van der Waals surface area (Å²) in [6.45, 7) is 1.97. The largest absolute Gasteiger partial charge is 0.334 e. The quantitative estimate of drug-likeness (QED) is 0.848. The highest BCUT2D eigenvalue weighted by atomic mass is 35.5. The molecule has 1 aromatic carbocycles. The molecule has 3 nitrogen and oxygen atoms in total. The zero-order valence-corrected chi connectivity index (χ0v) is 9.62. The molecule has 0 aliphatic heterocycles. The number of aromatic nitrogens is 2. The first-order valence-electron chi connectivity index (χ1n) is 4.93. The van der Waals surface area contributed by atoms with Gasteiger partial charge in [0.1, 0.15) is 0 Å². The molecule has 1 unspecified atom stereocenters. The molecule has 1 heterocycles. The second kappa shape index (κ2) is 3.83. The standard InChI is InChI=1S/C11H14ClN3/c1-7(13)3-8-4-10-11(5-9(8)12)15(2)6-14-10/h4-7H,3,13H2,1-2H3. The summed E-state index contributed by atoms with van der Waals surface area (Å²) in [7, 11) is 1.96. The van der Waals surface area contributed by atoms with Crippen LogP contribution in [-0.2, 0) is 13.5 Å². The topological polar surface area (TPSA) is 43.8 Å². The molecule has 1 atom stereocenters. The Labute approximate surface area is 93.9 Å². The number of nitrogens with zero attached hydrogens (tertiary/aromatic N) is 2. The predicted molar refractivity (Wildman–Crippen MR) is 63.1 cm³/mol. The molecule has 0 radical (unpaired) electrons. The molecule has 80 valence electrons. The summed E-state index contributed by atoms with van der Waals surface area (Å²) in [6.07, 6.45) is 2.57. The predicted octanol–water partition coefficient (Wildman–Crippen LogP) is 2.12. The molecule has 0 aliphatic rings. The van der Waals surface area contributed by atoms with E-state index >= 15 is 0 Å². The van der Waals surface area contributed by atoms with Gasteiger partial charge in [0.2, 0.25) is 0 Å². The summed E-state index contributed by atoms with van der Waals surface area (Å²) >= 11 is 6.18. The molecule has 4 heteroatoms. The number of benzene rings is 1. The van der Waals surface area contributed by atoms with Crippen molar-refractivity contribution in [1.29, 1.82) is 0 Å². The van der Waals surface area contributed by atoms with Crippen molar-refractivity contribution < 1.29 is 0 Å². The number of aryl methyl sites for hydroxylation is 1. The molecule has 2 rings (SSSR count). The molecule has 2 aromatic rings. The van der Waals surface area contributed by atoms with Gasteiger partial charge in [-0.15, -0.1) is 0 Å². The van der Waals surface area contributed by atoms with Crippen molar-refractivity contribution in [3.63, 3.8) is 0 Å². The number of hydrogen-bond donors (Lipinski definition) is 1. The smallest absolute Gasteiger partial charge is 0.0955 e. The van der Waals surface area contributed by atoms with E-state index in [9.17, 15) is 0 Å². The molecule has 0 spiro atoms. The van der Waals surface area contributed by atoms with Gasteiger partial charge >= 0.3 is 0 Å². The normalized spacial score (nSPS) is 13.3. The second-order valence-electron chi connectivity index (χ2n) is 3.97. The lowest BCUT2D eigenvalue weighted by molar-refractivity contribution is 0.739. The van der Waals surface area contributed by atoms with Crippen molar-refractivity contribution in [3.05, 3.63) is 29.0 Å². The van der Waals surface area contributed by atoms with Crippen molar-refractivity contribution in [3.8, 4) is 0 Å². The Morgan fingerprint density at radius 2 is 2.27 bits per heavy atom. The van der Waals surface area contributed by atoms with Gasteiger partial charge in [0.25, 0.3) is 0 Å². The van der Waals surface area contributed by atoms with Crippen molar-refractivity contribution in [2.75, 3.05) is 0 Å². The molecule has 0 amide bonds. The lowest BCUT2D eigenvalue weighted by Crippen LogP contribution is -2.17. The minimum absolute atomic E-state index is 0.115. The van der Waals surface area contributed by atoms with Crippen LogP contribution in [0.25, 0.3) is 11.0 Å². The minimum Gasteiger partial charge on any atom is -0.334 e. The van der Waals surface area contributed by atoms with Gasteiger partial charge < -0.3 is 10.3 Å². The van der Waals surface area contributed by atoms with E-state index in [0.717, 1.165) is 28.0 Å². The third kappa shape index (κ3) is 1.98. The number of rotatable bonds is 2. The molecule has 1 aromatic heterocycles. The molecular formula is C11H14ClN3. The molecule has 0 saturated heterocycles. The third-order valence-electron chi connectivity index (χ3n) is 2.44. The first-order valence-corrected chi connectivity index (χ1v) is 5.30. The fourth-order valence-corrected chi connectivity index (χ4v) is 1.93. The number of halogens is 1. The van der Waals surface area contributed by atoms with E-state index in [-0.39, 0.29) is 6.04 Å².